The average molecular weight is 345 g/mol. The first-order chi connectivity index (χ1) is 11.4. The average Bonchev–Trinajstić information content (AvgIpc) is 2.55. The van der Waals surface area contributed by atoms with Gasteiger partial charge in [-0.2, -0.15) is 11.8 Å². The van der Waals surface area contributed by atoms with Crippen LogP contribution in [0.3, 0.4) is 0 Å². The van der Waals surface area contributed by atoms with Gasteiger partial charge in [0, 0.05) is 11.4 Å². The second-order valence-corrected chi connectivity index (χ2v) is 7.06. The molecule has 0 aliphatic rings. The Labute approximate surface area is 144 Å². The number of carbonyl (C=O) groups is 2. The molecule has 2 N–H and O–H groups in total. The Kier molecular flexibility index (Phi) is 5.92. The number of amides is 1. The Balaban J connectivity index is 2.13. The van der Waals surface area contributed by atoms with E-state index < -0.39 is 11.9 Å². The van der Waals surface area contributed by atoms with Crippen LogP contribution in [0.15, 0.2) is 30.6 Å². The lowest BCUT2D eigenvalue weighted by Gasteiger charge is -2.13. The maximum Gasteiger partial charge on any atom is 0.356 e. The van der Waals surface area contributed by atoms with Gasteiger partial charge >= 0.3 is 5.97 Å². The topological polar surface area (TPSA) is 92.2 Å². The molecule has 0 unspecified atom stereocenters. The third kappa shape index (κ3) is 4.55. The quantitative estimate of drug-likeness (QED) is 0.834. The Bertz CT molecular complexity index is 745. The summed E-state index contributed by atoms with van der Waals surface area (Å²) in [6, 6.07) is 5.77. The lowest BCUT2D eigenvalue weighted by molar-refractivity contribution is 0.0689. The normalized spacial score (nSPS) is 10.7. The number of benzene rings is 1. The SMILES string of the molecule is Cc1c(CSC(C)C)cccc1NC(=O)c1cnc(C(=O)O)cn1. The van der Waals surface area contributed by atoms with Gasteiger partial charge in [-0.1, -0.05) is 26.0 Å². The Morgan fingerprint density at radius 1 is 1.21 bits per heavy atom. The Morgan fingerprint density at radius 2 is 1.88 bits per heavy atom. The molecule has 0 bridgehead atoms. The van der Waals surface area contributed by atoms with Gasteiger partial charge in [0.1, 0.15) is 5.69 Å². The minimum atomic E-state index is -1.18. The molecule has 0 atom stereocenters. The molecule has 0 spiro atoms. The van der Waals surface area contributed by atoms with Crippen molar-refractivity contribution < 1.29 is 14.7 Å². The maximum absolute atomic E-state index is 12.3. The maximum atomic E-state index is 12.3. The van der Waals surface area contributed by atoms with E-state index in [9.17, 15) is 9.59 Å². The van der Waals surface area contributed by atoms with Crippen LogP contribution in [0.2, 0.25) is 0 Å². The van der Waals surface area contributed by atoms with Crippen molar-refractivity contribution >= 4 is 29.3 Å². The van der Waals surface area contributed by atoms with Crippen molar-refractivity contribution in [3.8, 4) is 0 Å². The molecule has 0 radical (unpaired) electrons. The van der Waals surface area contributed by atoms with E-state index in [1.807, 2.05) is 36.9 Å². The van der Waals surface area contributed by atoms with Crippen LogP contribution in [-0.2, 0) is 5.75 Å². The van der Waals surface area contributed by atoms with Crippen LogP contribution in [0.4, 0.5) is 5.69 Å². The molecule has 2 aromatic rings. The van der Waals surface area contributed by atoms with E-state index in [-0.39, 0.29) is 11.4 Å². The Hall–Kier alpha value is -2.41. The van der Waals surface area contributed by atoms with Crippen LogP contribution in [-0.4, -0.2) is 32.2 Å². The van der Waals surface area contributed by atoms with Gasteiger partial charge in [-0.15, -0.1) is 0 Å². The number of carboxylic acid groups (broad SMARTS) is 1. The fraction of sp³-hybridized carbons (Fsp3) is 0.294. The highest BCUT2D eigenvalue weighted by Gasteiger charge is 2.13. The third-order valence-corrected chi connectivity index (χ3v) is 4.51. The predicted octanol–water partition coefficient (Wildman–Crippen LogP) is 3.38. The minimum Gasteiger partial charge on any atom is -0.476 e. The summed E-state index contributed by atoms with van der Waals surface area (Å²) >= 11 is 1.84. The van der Waals surface area contributed by atoms with E-state index >= 15 is 0 Å². The summed E-state index contributed by atoms with van der Waals surface area (Å²) in [4.78, 5) is 30.6. The zero-order valence-electron chi connectivity index (χ0n) is 13.7. The van der Waals surface area contributed by atoms with Crippen LogP contribution in [0.25, 0.3) is 0 Å². The number of hydrogen-bond acceptors (Lipinski definition) is 5. The smallest absolute Gasteiger partial charge is 0.356 e. The van der Waals surface area contributed by atoms with Crippen LogP contribution in [0.1, 0.15) is 46.0 Å². The van der Waals surface area contributed by atoms with Gasteiger partial charge in [-0.3, -0.25) is 4.79 Å². The number of hydrogen-bond donors (Lipinski definition) is 2. The molecule has 0 saturated carbocycles. The predicted molar refractivity (Wildman–Crippen MR) is 94.6 cm³/mol. The molecule has 7 heteroatoms. The summed E-state index contributed by atoms with van der Waals surface area (Å²) < 4.78 is 0. The number of carbonyl (C=O) groups excluding carboxylic acids is 1. The van der Waals surface area contributed by atoms with E-state index in [1.165, 1.54) is 5.56 Å². The Morgan fingerprint density at radius 3 is 2.46 bits per heavy atom. The molecular formula is C17H19N3O3S. The molecule has 1 heterocycles. The van der Waals surface area contributed by atoms with Gasteiger partial charge in [-0.25, -0.2) is 14.8 Å². The molecule has 2 rings (SSSR count). The molecule has 0 fully saturated rings. The van der Waals surface area contributed by atoms with E-state index in [0.717, 1.165) is 23.7 Å². The minimum absolute atomic E-state index is 0.0707. The van der Waals surface area contributed by atoms with Crippen LogP contribution in [0.5, 0.6) is 0 Å². The van der Waals surface area contributed by atoms with Crippen molar-refractivity contribution in [3.05, 3.63) is 53.1 Å². The highest BCUT2D eigenvalue weighted by atomic mass is 32.2. The standard InChI is InChI=1S/C17H19N3O3S/c1-10(2)24-9-12-5-4-6-13(11(12)3)20-16(21)14-7-19-15(8-18-14)17(22)23/h4-8,10H,9H2,1-3H3,(H,20,21)(H,22,23). The van der Waals surface area contributed by atoms with Gasteiger partial charge < -0.3 is 10.4 Å². The molecule has 24 heavy (non-hydrogen) atoms. The van der Waals surface area contributed by atoms with Crippen molar-refractivity contribution in [1.29, 1.82) is 0 Å². The lowest BCUT2D eigenvalue weighted by Crippen LogP contribution is -2.16. The summed E-state index contributed by atoms with van der Waals surface area (Å²) in [6.45, 7) is 6.25. The van der Waals surface area contributed by atoms with Gasteiger partial charge in [0.05, 0.1) is 12.4 Å². The lowest BCUT2D eigenvalue weighted by atomic mass is 10.1. The molecule has 0 saturated heterocycles. The number of thioether (sulfide) groups is 1. The van der Waals surface area contributed by atoms with Crippen molar-refractivity contribution in [2.75, 3.05) is 5.32 Å². The molecule has 126 valence electrons. The molecule has 0 aliphatic heterocycles. The first kappa shape index (κ1) is 17.9. The second kappa shape index (κ2) is 7.92. The van der Waals surface area contributed by atoms with E-state index in [0.29, 0.717) is 10.9 Å². The molecule has 6 nitrogen and oxygen atoms in total. The van der Waals surface area contributed by atoms with Gasteiger partial charge in [-0.05, 0) is 29.4 Å². The summed E-state index contributed by atoms with van der Waals surface area (Å²) in [5.41, 5.74) is 2.76. The highest BCUT2D eigenvalue weighted by Crippen LogP contribution is 2.25. The third-order valence-electron chi connectivity index (χ3n) is 3.37. The van der Waals surface area contributed by atoms with Crippen molar-refractivity contribution in [2.45, 2.75) is 31.8 Å². The fourth-order valence-corrected chi connectivity index (χ4v) is 2.80. The van der Waals surface area contributed by atoms with Gasteiger partial charge in [0.15, 0.2) is 5.69 Å². The zero-order chi connectivity index (χ0) is 17.7. The molecule has 1 aromatic carbocycles. The molecular weight excluding hydrogens is 326 g/mol. The number of carboxylic acids is 1. The number of rotatable bonds is 6. The fourth-order valence-electron chi connectivity index (χ4n) is 1.97. The summed E-state index contributed by atoms with van der Waals surface area (Å²) in [5, 5.41) is 12.1. The van der Waals surface area contributed by atoms with Gasteiger partial charge in [0.2, 0.25) is 0 Å². The molecule has 1 aromatic heterocycles. The molecule has 1 amide bonds. The van der Waals surface area contributed by atoms with E-state index in [4.69, 9.17) is 5.11 Å². The second-order valence-electron chi connectivity index (χ2n) is 5.50. The highest BCUT2D eigenvalue weighted by molar-refractivity contribution is 7.99. The van der Waals surface area contributed by atoms with Crippen molar-refractivity contribution in [3.63, 3.8) is 0 Å². The first-order valence-electron chi connectivity index (χ1n) is 7.45. The monoisotopic (exact) mass is 345 g/mol. The van der Waals surface area contributed by atoms with Crippen LogP contribution in [0, 0.1) is 6.92 Å². The number of nitrogens with one attached hydrogen (secondary N) is 1. The van der Waals surface area contributed by atoms with Gasteiger partial charge in [0.25, 0.3) is 5.91 Å². The number of aromatic nitrogens is 2. The van der Waals surface area contributed by atoms with E-state index in [1.54, 1.807) is 0 Å². The largest absolute Gasteiger partial charge is 0.476 e. The van der Waals surface area contributed by atoms with Crippen LogP contribution >= 0.6 is 11.8 Å². The summed E-state index contributed by atoms with van der Waals surface area (Å²) in [5.74, 6) is -0.725. The van der Waals surface area contributed by atoms with Crippen molar-refractivity contribution in [1.82, 2.24) is 9.97 Å². The first-order valence-corrected chi connectivity index (χ1v) is 8.50. The van der Waals surface area contributed by atoms with Crippen molar-refractivity contribution in [2.24, 2.45) is 0 Å². The summed E-state index contributed by atoms with van der Waals surface area (Å²) in [7, 11) is 0. The van der Waals surface area contributed by atoms with E-state index in [2.05, 4.69) is 29.1 Å². The number of anilines is 1. The number of aromatic carboxylic acids is 1. The zero-order valence-corrected chi connectivity index (χ0v) is 14.6. The molecule has 0 aliphatic carbocycles. The number of nitrogens with zero attached hydrogens (tertiary/aromatic N) is 2. The summed E-state index contributed by atoms with van der Waals surface area (Å²) in [6.07, 6.45) is 2.23. The van der Waals surface area contributed by atoms with Crippen LogP contribution < -0.4 is 5.32 Å².